The standard InChI is InChI=1S/C26H30N4O.CH3F/c1-27-25-10-2-3-11-26(25)30(21-22-9-4-5-16-28-22)23-12-14-24(15-13-23)31-20-8-19-29-17-6-7-18-29;1-2/h2-5,9-16H,1,6-8,17-21H2;1H3. The molecule has 33 heavy (non-hydrogen) atoms. The number of aliphatic imine (C=N–C) groups is 1. The molecule has 6 heteroatoms. The zero-order valence-electron chi connectivity index (χ0n) is 19.4. The Balaban J connectivity index is 0.00000149. The molecule has 0 unspecified atom stereocenters. The van der Waals surface area contributed by atoms with E-state index < -0.39 is 0 Å². The molecular formula is C27H33FN4O. The van der Waals surface area contributed by atoms with Crippen LogP contribution in [0.4, 0.5) is 21.5 Å². The van der Waals surface area contributed by atoms with Crippen LogP contribution in [0.15, 0.2) is 77.9 Å². The molecule has 1 aromatic heterocycles. The Labute approximate surface area is 196 Å². The summed E-state index contributed by atoms with van der Waals surface area (Å²) in [4.78, 5) is 13.5. The van der Waals surface area contributed by atoms with Gasteiger partial charge in [-0.15, -0.1) is 0 Å². The molecule has 0 bridgehead atoms. The molecule has 0 N–H and O–H groups in total. The van der Waals surface area contributed by atoms with E-state index in [1.54, 1.807) is 0 Å². The third kappa shape index (κ3) is 7.12. The zero-order chi connectivity index (χ0) is 23.3. The van der Waals surface area contributed by atoms with Gasteiger partial charge in [-0.05, 0) is 87.6 Å². The van der Waals surface area contributed by atoms with Gasteiger partial charge in [-0.2, -0.15) is 0 Å². The van der Waals surface area contributed by atoms with E-state index in [1.165, 1.54) is 25.9 Å². The normalized spacial score (nSPS) is 13.2. The fourth-order valence-electron chi connectivity index (χ4n) is 4.00. The number of pyridine rings is 1. The van der Waals surface area contributed by atoms with Crippen LogP contribution in [0.3, 0.4) is 0 Å². The van der Waals surface area contributed by atoms with Gasteiger partial charge < -0.3 is 14.5 Å². The van der Waals surface area contributed by atoms with Gasteiger partial charge >= 0.3 is 0 Å². The Hall–Kier alpha value is -3.25. The van der Waals surface area contributed by atoms with Gasteiger partial charge in [-0.1, -0.05) is 18.2 Å². The summed E-state index contributed by atoms with van der Waals surface area (Å²) in [6, 6.07) is 22.3. The first kappa shape index (κ1) is 24.4. The smallest absolute Gasteiger partial charge is 0.119 e. The molecule has 1 aliphatic rings. The second-order valence-electron chi connectivity index (χ2n) is 7.80. The summed E-state index contributed by atoms with van der Waals surface area (Å²) in [6.45, 7) is 8.73. The molecule has 4 rings (SSSR count). The lowest BCUT2D eigenvalue weighted by molar-refractivity contribution is 0.263. The number of rotatable bonds is 10. The predicted octanol–water partition coefficient (Wildman–Crippen LogP) is 6.20. The zero-order valence-corrected chi connectivity index (χ0v) is 19.4. The maximum atomic E-state index is 9.50. The molecule has 1 aliphatic heterocycles. The highest BCUT2D eigenvalue weighted by molar-refractivity contribution is 5.75. The Morgan fingerprint density at radius 1 is 1.00 bits per heavy atom. The predicted molar refractivity (Wildman–Crippen MR) is 135 cm³/mol. The third-order valence-corrected chi connectivity index (χ3v) is 5.62. The first-order chi connectivity index (χ1) is 16.3. The minimum Gasteiger partial charge on any atom is -0.494 e. The topological polar surface area (TPSA) is 41.0 Å². The maximum Gasteiger partial charge on any atom is 0.119 e. The van der Waals surface area contributed by atoms with Crippen LogP contribution in [0.2, 0.25) is 0 Å². The number of hydrogen-bond donors (Lipinski definition) is 0. The first-order valence-corrected chi connectivity index (χ1v) is 11.4. The van der Waals surface area contributed by atoms with Gasteiger partial charge in [0, 0.05) is 18.4 Å². The van der Waals surface area contributed by atoms with Crippen LogP contribution in [-0.2, 0) is 6.54 Å². The highest BCUT2D eigenvalue weighted by Crippen LogP contribution is 2.35. The maximum absolute atomic E-state index is 9.50. The lowest BCUT2D eigenvalue weighted by atomic mass is 10.2. The van der Waals surface area contributed by atoms with Crippen molar-refractivity contribution in [3.8, 4) is 5.75 Å². The number of benzene rings is 2. The van der Waals surface area contributed by atoms with Gasteiger partial charge in [0.25, 0.3) is 0 Å². The average molecular weight is 449 g/mol. The fourth-order valence-corrected chi connectivity index (χ4v) is 4.00. The van der Waals surface area contributed by atoms with Gasteiger partial charge in [0.05, 0.1) is 37.4 Å². The Kier molecular flexibility index (Phi) is 9.86. The molecule has 0 spiro atoms. The number of para-hydroxylation sites is 2. The van der Waals surface area contributed by atoms with E-state index >= 15 is 0 Å². The molecule has 174 valence electrons. The summed E-state index contributed by atoms with van der Waals surface area (Å²) >= 11 is 0. The minimum absolute atomic E-state index is 0.500. The van der Waals surface area contributed by atoms with Gasteiger partial charge in [0.15, 0.2) is 0 Å². The van der Waals surface area contributed by atoms with Gasteiger partial charge in [0.2, 0.25) is 0 Å². The summed E-state index contributed by atoms with van der Waals surface area (Å²) < 4.78 is 15.5. The van der Waals surface area contributed by atoms with Crippen LogP contribution < -0.4 is 9.64 Å². The van der Waals surface area contributed by atoms with Crippen LogP contribution in [0, 0.1) is 0 Å². The molecule has 5 nitrogen and oxygen atoms in total. The lowest BCUT2D eigenvalue weighted by Crippen LogP contribution is -2.21. The van der Waals surface area contributed by atoms with Crippen molar-refractivity contribution in [3.05, 3.63) is 78.6 Å². The summed E-state index contributed by atoms with van der Waals surface area (Å²) in [5, 5.41) is 0. The van der Waals surface area contributed by atoms with E-state index in [0.29, 0.717) is 13.7 Å². The van der Waals surface area contributed by atoms with E-state index in [1.807, 2.05) is 54.7 Å². The van der Waals surface area contributed by atoms with Crippen molar-refractivity contribution < 1.29 is 9.13 Å². The molecule has 0 radical (unpaired) electrons. The summed E-state index contributed by atoms with van der Waals surface area (Å²) in [5.74, 6) is 0.901. The van der Waals surface area contributed by atoms with E-state index in [0.717, 1.165) is 48.1 Å². The van der Waals surface area contributed by atoms with Crippen LogP contribution in [-0.4, -0.2) is 50.0 Å². The minimum atomic E-state index is 0.500. The van der Waals surface area contributed by atoms with Crippen molar-refractivity contribution in [2.75, 3.05) is 38.3 Å². The van der Waals surface area contributed by atoms with Gasteiger partial charge in [-0.25, -0.2) is 0 Å². The Morgan fingerprint density at radius 3 is 2.42 bits per heavy atom. The van der Waals surface area contributed by atoms with Crippen LogP contribution >= 0.6 is 0 Å². The number of alkyl halides is 1. The van der Waals surface area contributed by atoms with Crippen molar-refractivity contribution in [1.82, 2.24) is 9.88 Å². The summed E-state index contributed by atoms with van der Waals surface area (Å²) in [5.41, 5.74) is 3.90. The van der Waals surface area contributed by atoms with E-state index in [2.05, 4.69) is 44.7 Å². The highest BCUT2D eigenvalue weighted by Gasteiger charge is 2.15. The van der Waals surface area contributed by atoms with Crippen molar-refractivity contribution in [1.29, 1.82) is 0 Å². The molecule has 2 aromatic carbocycles. The number of anilines is 2. The number of aromatic nitrogens is 1. The third-order valence-electron chi connectivity index (χ3n) is 5.62. The monoisotopic (exact) mass is 448 g/mol. The Morgan fingerprint density at radius 2 is 1.73 bits per heavy atom. The molecule has 0 atom stereocenters. The summed E-state index contributed by atoms with van der Waals surface area (Å²) in [6.07, 6.45) is 5.56. The van der Waals surface area contributed by atoms with Crippen molar-refractivity contribution >= 4 is 23.8 Å². The molecule has 0 saturated carbocycles. The van der Waals surface area contributed by atoms with Crippen LogP contribution in [0.5, 0.6) is 5.75 Å². The second-order valence-corrected chi connectivity index (χ2v) is 7.80. The van der Waals surface area contributed by atoms with Gasteiger partial charge in [0.1, 0.15) is 5.75 Å². The van der Waals surface area contributed by atoms with Gasteiger partial charge in [-0.3, -0.25) is 14.4 Å². The SMILES string of the molecule is C=Nc1ccccc1N(Cc1ccccn1)c1ccc(OCCCN2CCCC2)cc1.CF. The number of nitrogens with zero attached hydrogens (tertiary/aromatic N) is 4. The largest absolute Gasteiger partial charge is 0.494 e. The van der Waals surface area contributed by atoms with E-state index in [-0.39, 0.29) is 0 Å². The number of halogens is 1. The summed E-state index contributed by atoms with van der Waals surface area (Å²) in [7, 11) is 0.500. The fraction of sp³-hybridized carbons (Fsp3) is 0.333. The molecule has 0 amide bonds. The molecule has 2 heterocycles. The molecule has 1 saturated heterocycles. The molecular weight excluding hydrogens is 415 g/mol. The first-order valence-electron chi connectivity index (χ1n) is 11.4. The lowest BCUT2D eigenvalue weighted by Gasteiger charge is -2.26. The van der Waals surface area contributed by atoms with E-state index in [4.69, 9.17) is 4.74 Å². The number of hydrogen-bond acceptors (Lipinski definition) is 5. The average Bonchev–Trinajstić information content (AvgIpc) is 3.41. The van der Waals surface area contributed by atoms with Crippen LogP contribution in [0.1, 0.15) is 25.0 Å². The van der Waals surface area contributed by atoms with Crippen LogP contribution in [0.25, 0.3) is 0 Å². The second kappa shape index (κ2) is 13.3. The van der Waals surface area contributed by atoms with Crippen molar-refractivity contribution in [2.24, 2.45) is 4.99 Å². The quantitative estimate of drug-likeness (QED) is 0.273. The number of likely N-dealkylation sites (tertiary alicyclic amines) is 1. The molecule has 1 fully saturated rings. The van der Waals surface area contributed by atoms with Crippen molar-refractivity contribution in [2.45, 2.75) is 25.8 Å². The number of ether oxygens (including phenoxy) is 1. The Bertz CT molecular complexity index is 959. The molecule has 3 aromatic rings. The molecule has 0 aliphatic carbocycles. The van der Waals surface area contributed by atoms with Crippen molar-refractivity contribution in [3.63, 3.8) is 0 Å². The highest BCUT2D eigenvalue weighted by atomic mass is 19.1. The van der Waals surface area contributed by atoms with E-state index in [9.17, 15) is 4.39 Å².